The van der Waals surface area contributed by atoms with Crippen molar-refractivity contribution in [3.05, 3.63) is 180 Å². The Morgan fingerprint density at radius 1 is 0.765 bits per heavy atom. The highest BCUT2D eigenvalue weighted by molar-refractivity contribution is 6.00. The molecule has 1 aliphatic carbocycles. The topological polar surface area (TPSA) is 181 Å². The van der Waals surface area contributed by atoms with Crippen LogP contribution in [0.1, 0.15) is 53.9 Å². The highest BCUT2D eigenvalue weighted by atomic mass is 16.6. The van der Waals surface area contributed by atoms with Crippen molar-refractivity contribution in [2.45, 2.75) is 62.8 Å². The van der Waals surface area contributed by atoms with Crippen molar-refractivity contribution in [1.29, 1.82) is 0 Å². The molecule has 13 nitrogen and oxygen atoms in total. The molecular formula is C55H54N4O9. The van der Waals surface area contributed by atoms with Gasteiger partial charge in [0.05, 0.1) is 18.6 Å². The van der Waals surface area contributed by atoms with Crippen LogP contribution >= 0.6 is 0 Å². The molecule has 0 saturated carbocycles. The van der Waals surface area contributed by atoms with E-state index in [-0.39, 0.29) is 38.4 Å². The third-order valence-electron chi connectivity index (χ3n) is 12.2. The van der Waals surface area contributed by atoms with Gasteiger partial charge in [0.15, 0.2) is 0 Å². The Bertz CT molecular complexity index is 2710. The number of fused-ring (bicyclic) bond motifs is 4. The van der Waals surface area contributed by atoms with Crippen molar-refractivity contribution in [3.8, 4) is 16.9 Å². The summed E-state index contributed by atoms with van der Waals surface area (Å²) in [6, 6.07) is 43.0. The molecule has 4 amide bonds. The third kappa shape index (κ3) is 12.2. The Morgan fingerprint density at radius 2 is 1.46 bits per heavy atom. The van der Waals surface area contributed by atoms with Crippen LogP contribution in [0.4, 0.5) is 10.5 Å². The maximum absolute atomic E-state index is 14.1. The molecule has 348 valence electrons. The number of hydrogen-bond donors (Lipinski definition) is 5. The van der Waals surface area contributed by atoms with E-state index in [0.29, 0.717) is 30.9 Å². The number of allylic oxidation sites excluding steroid dienone is 2. The van der Waals surface area contributed by atoms with Gasteiger partial charge in [0, 0.05) is 18.0 Å². The minimum atomic E-state index is -1.38. The average molecular weight is 915 g/mol. The normalized spacial score (nSPS) is 17.7. The van der Waals surface area contributed by atoms with Gasteiger partial charge in [0.2, 0.25) is 11.8 Å². The monoisotopic (exact) mass is 914 g/mol. The number of rotatable bonds is 14. The molecule has 0 saturated heterocycles. The maximum Gasteiger partial charge on any atom is 0.407 e. The first-order valence-electron chi connectivity index (χ1n) is 22.9. The summed E-state index contributed by atoms with van der Waals surface area (Å²) in [4.78, 5) is 68.7. The van der Waals surface area contributed by atoms with Gasteiger partial charge in [-0.25, -0.2) is 9.59 Å². The van der Waals surface area contributed by atoms with E-state index in [9.17, 15) is 29.1 Å². The molecule has 0 aromatic heterocycles. The highest BCUT2D eigenvalue weighted by Gasteiger charge is 2.33. The number of carbonyl (C=O) groups excluding carboxylic acids is 5. The van der Waals surface area contributed by atoms with Crippen LogP contribution < -0.4 is 26.0 Å². The molecule has 8 rings (SSSR count). The molecule has 4 atom stereocenters. The van der Waals surface area contributed by atoms with Gasteiger partial charge < -0.3 is 40.6 Å². The van der Waals surface area contributed by atoms with Gasteiger partial charge in [-0.05, 0) is 94.1 Å². The summed E-state index contributed by atoms with van der Waals surface area (Å²) >= 11 is 0. The molecule has 0 bridgehead atoms. The number of esters is 1. The van der Waals surface area contributed by atoms with E-state index in [1.165, 1.54) is 0 Å². The number of cyclic esters (lactones) is 1. The molecule has 6 aromatic carbocycles. The average Bonchev–Trinajstić information content (AvgIpc) is 3.69. The second-order valence-corrected chi connectivity index (χ2v) is 17.0. The number of ether oxygens (including phenoxy) is 3. The SMILES string of the molecule is O=C(CC1CC=CCCC(NC(=O)OCC2c3ccccc3-c3ccccc32)C(=O)OCC(C(=O)Nc2ccc3ccccc3c2)NC1=O)NC(CO)Cc1ccc(OCc2ccccc2)cc1. The predicted octanol–water partition coefficient (Wildman–Crippen LogP) is 7.76. The Hall–Kier alpha value is -7.77. The minimum absolute atomic E-state index is 0.0384. The summed E-state index contributed by atoms with van der Waals surface area (Å²) in [5.41, 5.74) is 6.59. The molecule has 0 spiro atoms. The fraction of sp³-hybridized carbons (Fsp3) is 0.255. The van der Waals surface area contributed by atoms with Gasteiger partial charge >= 0.3 is 12.1 Å². The zero-order valence-electron chi connectivity index (χ0n) is 37.5. The van der Waals surface area contributed by atoms with Crippen molar-refractivity contribution in [3.63, 3.8) is 0 Å². The molecule has 1 aliphatic heterocycles. The summed E-state index contributed by atoms with van der Waals surface area (Å²) < 4.78 is 17.3. The quantitative estimate of drug-likeness (QED) is 0.0539. The van der Waals surface area contributed by atoms with E-state index in [4.69, 9.17) is 14.2 Å². The first-order chi connectivity index (χ1) is 33.2. The fourth-order valence-corrected chi connectivity index (χ4v) is 8.61. The molecular weight excluding hydrogens is 861 g/mol. The highest BCUT2D eigenvalue weighted by Crippen LogP contribution is 2.44. The number of aliphatic hydroxyl groups excluding tert-OH is 1. The first kappa shape index (κ1) is 46.7. The fourth-order valence-electron chi connectivity index (χ4n) is 8.61. The Kier molecular flexibility index (Phi) is 15.5. The zero-order chi connectivity index (χ0) is 47.2. The van der Waals surface area contributed by atoms with Crippen LogP contribution in [0.3, 0.4) is 0 Å². The summed E-state index contributed by atoms with van der Waals surface area (Å²) in [5, 5.41) is 23.2. The van der Waals surface area contributed by atoms with Crippen LogP contribution in [-0.4, -0.2) is 72.8 Å². The smallest absolute Gasteiger partial charge is 0.407 e. The van der Waals surface area contributed by atoms with Gasteiger partial charge in [-0.3, -0.25) is 14.4 Å². The van der Waals surface area contributed by atoms with Gasteiger partial charge in [-0.1, -0.05) is 133 Å². The first-order valence-corrected chi connectivity index (χ1v) is 22.9. The van der Waals surface area contributed by atoms with E-state index >= 15 is 0 Å². The van der Waals surface area contributed by atoms with Crippen LogP contribution in [-0.2, 0) is 41.7 Å². The standard InChI is InChI=1S/C55H54N4O9/c60-32-42(29-36-23-27-43(28-24-36)66-33-37-13-3-1-4-14-37)56-51(61)31-40-17-5-2-6-22-49(59-55(65)68-34-48-46-20-11-9-18-44(46)45-19-10-12-21-47(45)48)54(64)67-35-50(58-52(40)62)53(63)57-41-26-25-38-15-7-8-16-39(38)30-41/h1-5,7-16,18-21,23-28,30,40,42,48-50,60H,6,17,22,29,31-35H2,(H,56,61)(H,57,63)(H,58,62)(H,59,65). The third-order valence-corrected chi connectivity index (χ3v) is 12.2. The predicted molar refractivity (Wildman–Crippen MR) is 258 cm³/mol. The zero-order valence-corrected chi connectivity index (χ0v) is 37.5. The lowest BCUT2D eigenvalue weighted by atomic mass is 9.97. The van der Waals surface area contributed by atoms with Crippen molar-refractivity contribution >= 4 is 46.2 Å². The number of amides is 4. The van der Waals surface area contributed by atoms with Crippen LogP contribution in [0.25, 0.3) is 21.9 Å². The molecule has 0 radical (unpaired) electrons. The van der Waals surface area contributed by atoms with E-state index in [0.717, 1.165) is 44.2 Å². The number of alkyl carbamates (subject to hydrolysis) is 1. The molecule has 2 aliphatic rings. The molecule has 0 fully saturated rings. The van der Waals surface area contributed by atoms with Crippen molar-refractivity contribution in [2.24, 2.45) is 5.92 Å². The molecule has 4 unspecified atom stereocenters. The number of aliphatic hydroxyl groups is 1. The van der Waals surface area contributed by atoms with Crippen LogP contribution in [0.5, 0.6) is 5.75 Å². The van der Waals surface area contributed by atoms with Gasteiger partial charge in [-0.2, -0.15) is 0 Å². The van der Waals surface area contributed by atoms with Gasteiger partial charge in [0.1, 0.15) is 37.7 Å². The van der Waals surface area contributed by atoms with Crippen LogP contribution in [0.15, 0.2) is 158 Å². The van der Waals surface area contributed by atoms with Gasteiger partial charge in [0.25, 0.3) is 5.91 Å². The van der Waals surface area contributed by atoms with Crippen molar-refractivity contribution in [2.75, 3.05) is 25.1 Å². The number of anilines is 1. The van der Waals surface area contributed by atoms with E-state index in [1.807, 2.05) is 133 Å². The van der Waals surface area contributed by atoms with Crippen LogP contribution in [0, 0.1) is 5.92 Å². The maximum atomic E-state index is 14.1. The Morgan fingerprint density at radius 3 is 2.19 bits per heavy atom. The largest absolute Gasteiger partial charge is 0.489 e. The number of nitrogens with one attached hydrogen (secondary N) is 4. The van der Waals surface area contributed by atoms with E-state index in [2.05, 4.69) is 21.3 Å². The Balaban J connectivity index is 0.928. The molecule has 68 heavy (non-hydrogen) atoms. The Labute approximate surface area is 394 Å². The summed E-state index contributed by atoms with van der Waals surface area (Å²) in [6.45, 7) is -0.456. The van der Waals surface area contributed by atoms with Crippen LogP contribution in [0.2, 0.25) is 0 Å². The van der Waals surface area contributed by atoms with E-state index in [1.54, 1.807) is 24.3 Å². The van der Waals surface area contributed by atoms with E-state index < -0.39 is 60.4 Å². The van der Waals surface area contributed by atoms with Crippen molar-refractivity contribution < 1.29 is 43.3 Å². The minimum Gasteiger partial charge on any atom is -0.489 e. The number of hydrogen-bond acceptors (Lipinski definition) is 9. The summed E-state index contributed by atoms with van der Waals surface area (Å²) in [5.74, 6) is -3.01. The number of carbonyl (C=O) groups is 5. The molecule has 6 aromatic rings. The second-order valence-electron chi connectivity index (χ2n) is 17.0. The lowest BCUT2D eigenvalue weighted by Gasteiger charge is -2.23. The second kappa shape index (κ2) is 22.6. The lowest BCUT2D eigenvalue weighted by Crippen LogP contribution is -2.51. The summed E-state index contributed by atoms with van der Waals surface area (Å²) in [7, 11) is 0. The molecule has 13 heteroatoms. The molecule has 5 N–H and O–H groups in total. The van der Waals surface area contributed by atoms with Crippen molar-refractivity contribution in [1.82, 2.24) is 16.0 Å². The van der Waals surface area contributed by atoms with Gasteiger partial charge in [-0.15, -0.1) is 0 Å². The number of benzene rings is 6. The lowest BCUT2D eigenvalue weighted by molar-refractivity contribution is -0.148. The summed E-state index contributed by atoms with van der Waals surface area (Å²) in [6.07, 6.45) is 3.31. The molecule has 1 heterocycles.